The minimum absolute atomic E-state index is 0.0283. The van der Waals surface area contributed by atoms with Gasteiger partial charge in [-0.15, -0.1) is 0 Å². The summed E-state index contributed by atoms with van der Waals surface area (Å²) in [6.07, 6.45) is 0. The Balaban J connectivity index is 1.99. The first-order chi connectivity index (χ1) is 13.3. The van der Waals surface area contributed by atoms with Gasteiger partial charge in [-0.25, -0.2) is 4.79 Å². The third kappa shape index (κ3) is 6.09. The summed E-state index contributed by atoms with van der Waals surface area (Å²) in [5, 5.41) is 3.14. The molecule has 0 spiro atoms. The first kappa shape index (κ1) is 21.4. The van der Waals surface area contributed by atoms with Crippen LogP contribution in [-0.4, -0.2) is 31.7 Å². The molecule has 0 aliphatic heterocycles. The monoisotopic (exact) mass is 413 g/mol. The van der Waals surface area contributed by atoms with Crippen LogP contribution in [0.4, 0.5) is 14.5 Å². The number of hydrogen-bond donors (Lipinski definition) is 1. The van der Waals surface area contributed by atoms with Crippen LogP contribution < -0.4 is 14.8 Å². The first-order valence-electron chi connectivity index (χ1n) is 8.25. The Hall–Kier alpha value is -2.87. The molecular weight excluding hydrogens is 396 g/mol. The molecule has 2 rings (SSSR count). The van der Waals surface area contributed by atoms with Crippen LogP contribution in [0.3, 0.4) is 0 Å². The van der Waals surface area contributed by atoms with Crippen molar-refractivity contribution in [1.29, 1.82) is 0 Å². The van der Waals surface area contributed by atoms with E-state index in [-0.39, 0.29) is 23.7 Å². The Morgan fingerprint density at radius 1 is 1.14 bits per heavy atom. The second kappa shape index (κ2) is 9.89. The maximum atomic E-state index is 12.4. The van der Waals surface area contributed by atoms with Gasteiger partial charge in [0.2, 0.25) is 0 Å². The van der Waals surface area contributed by atoms with E-state index in [9.17, 15) is 18.4 Å². The quantitative estimate of drug-likeness (QED) is 0.647. The number of esters is 1. The van der Waals surface area contributed by atoms with Gasteiger partial charge in [0, 0.05) is 10.7 Å². The number of rotatable bonds is 8. The van der Waals surface area contributed by atoms with Crippen molar-refractivity contribution in [2.24, 2.45) is 0 Å². The third-order valence-corrected chi connectivity index (χ3v) is 3.73. The summed E-state index contributed by atoms with van der Waals surface area (Å²) in [5.41, 5.74) is 1.32. The van der Waals surface area contributed by atoms with Gasteiger partial charge in [0.15, 0.2) is 18.1 Å². The predicted molar refractivity (Wildman–Crippen MR) is 99.3 cm³/mol. The number of ether oxygens (including phenoxy) is 3. The average molecular weight is 414 g/mol. The molecule has 0 radical (unpaired) electrons. The van der Waals surface area contributed by atoms with Crippen molar-refractivity contribution in [2.45, 2.75) is 20.5 Å². The van der Waals surface area contributed by atoms with E-state index in [1.807, 2.05) is 0 Å². The molecular formula is C19H18ClF2NO5. The Morgan fingerprint density at radius 2 is 1.89 bits per heavy atom. The number of benzene rings is 2. The van der Waals surface area contributed by atoms with Crippen molar-refractivity contribution in [2.75, 3.05) is 18.5 Å². The van der Waals surface area contributed by atoms with E-state index in [1.165, 1.54) is 18.2 Å². The fourth-order valence-corrected chi connectivity index (χ4v) is 2.49. The smallest absolute Gasteiger partial charge is 0.387 e. The van der Waals surface area contributed by atoms with Crippen molar-refractivity contribution in [3.8, 4) is 11.5 Å². The highest BCUT2D eigenvalue weighted by atomic mass is 35.5. The van der Waals surface area contributed by atoms with Gasteiger partial charge in [-0.05, 0) is 55.8 Å². The van der Waals surface area contributed by atoms with E-state index < -0.39 is 25.1 Å². The van der Waals surface area contributed by atoms with Crippen molar-refractivity contribution >= 4 is 29.2 Å². The Kier molecular flexibility index (Phi) is 7.57. The van der Waals surface area contributed by atoms with Crippen LogP contribution in [0.5, 0.6) is 11.5 Å². The largest absolute Gasteiger partial charge is 0.490 e. The SMILES string of the molecule is CCOc1cc(C(=O)OCC(=O)Nc2ccc(Cl)cc2C)ccc1OC(F)F. The zero-order chi connectivity index (χ0) is 20.7. The zero-order valence-corrected chi connectivity index (χ0v) is 15.9. The highest BCUT2D eigenvalue weighted by molar-refractivity contribution is 6.30. The predicted octanol–water partition coefficient (Wildman–Crippen LogP) is 4.44. The van der Waals surface area contributed by atoms with Gasteiger partial charge in [0.05, 0.1) is 12.2 Å². The fraction of sp³-hybridized carbons (Fsp3) is 0.263. The number of nitrogens with one attached hydrogen (secondary N) is 1. The van der Waals surface area contributed by atoms with Crippen LogP contribution in [0.1, 0.15) is 22.8 Å². The number of carbonyl (C=O) groups excluding carboxylic acids is 2. The van der Waals surface area contributed by atoms with Crippen LogP contribution in [0, 0.1) is 6.92 Å². The standard InChI is InChI=1S/C19H18ClF2NO5/c1-3-26-16-9-12(4-7-15(16)28-19(21)22)18(25)27-10-17(24)23-14-6-5-13(20)8-11(14)2/h4-9,19H,3,10H2,1-2H3,(H,23,24). The van der Waals surface area contributed by atoms with Gasteiger partial charge >= 0.3 is 12.6 Å². The van der Waals surface area contributed by atoms with Crippen molar-refractivity contribution in [3.63, 3.8) is 0 Å². The number of carbonyl (C=O) groups is 2. The van der Waals surface area contributed by atoms with Gasteiger partial charge in [-0.1, -0.05) is 11.6 Å². The normalized spacial score (nSPS) is 10.5. The number of anilines is 1. The summed E-state index contributed by atoms with van der Waals surface area (Å²) >= 11 is 5.86. The molecule has 150 valence electrons. The van der Waals surface area contributed by atoms with E-state index in [0.717, 1.165) is 5.56 Å². The summed E-state index contributed by atoms with van der Waals surface area (Å²) in [5.74, 6) is -1.59. The van der Waals surface area contributed by atoms with Gasteiger partial charge in [-0.2, -0.15) is 8.78 Å². The molecule has 0 saturated heterocycles. The lowest BCUT2D eigenvalue weighted by Gasteiger charge is -2.13. The lowest BCUT2D eigenvalue weighted by Crippen LogP contribution is -2.21. The van der Waals surface area contributed by atoms with Crippen molar-refractivity contribution < 1.29 is 32.6 Å². The molecule has 6 nitrogen and oxygen atoms in total. The Bertz CT molecular complexity index is 860. The molecule has 1 amide bonds. The van der Waals surface area contributed by atoms with E-state index in [0.29, 0.717) is 10.7 Å². The molecule has 0 saturated carbocycles. The van der Waals surface area contributed by atoms with Gasteiger partial charge in [0.25, 0.3) is 5.91 Å². The molecule has 2 aromatic rings. The van der Waals surface area contributed by atoms with E-state index in [4.69, 9.17) is 21.1 Å². The number of aryl methyl sites for hydroxylation is 1. The molecule has 0 aliphatic rings. The van der Waals surface area contributed by atoms with E-state index >= 15 is 0 Å². The van der Waals surface area contributed by atoms with Crippen LogP contribution in [0.25, 0.3) is 0 Å². The van der Waals surface area contributed by atoms with Gasteiger partial charge in [0.1, 0.15) is 0 Å². The fourth-order valence-electron chi connectivity index (χ4n) is 2.26. The first-order valence-corrected chi connectivity index (χ1v) is 8.62. The van der Waals surface area contributed by atoms with E-state index in [2.05, 4.69) is 10.1 Å². The maximum Gasteiger partial charge on any atom is 0.387 e. The minimum atomic E-state index is -3.03. The zero-order valence-electron chi connectivity index (χ0n) is 15.1. The summed E-state index contributed by atoms with van der Waals surface area (Å²) in [7, 11) is 0. The lowest BCUT2D eigenvalue weighted by atomic mass is 10.2. The van der Waals surface area contributed by atoms with Gasteiger partial charge in [-0.3, -0.25) is 4.79 Å². The second-order valence-corrected chi connectivity index (χ2v) is 5.99. The highest BCUT2D eigenvalue weighted by Gasteiger charge is 2.16. The van der Waals surface area contributed by atoms with Crippen molar-refractivity contribution in [3.05, 3.63) is 52.5 Å². The van der Waals surface area contributed by atoms with Crippen LogP contribution in [0.15, 0.2) is 36.4 Å². The molecule has 9 heteroatoms. The Labute approximate surface area is 165 Å². The van der Waals surface area contributed by atoms with E-state index in [1.54, 1.807) is 32.0 Å². The molecule has 2 aromatic carbocycles. The Morgan fingerprint density at radius 3 is 2.54 bits per heavy atom. The highest BCUT2D eigenvalue weighted by Crippen LogP contribution is 2.30. The molecule has 28 heavy (non-hydrogen) atoms. The number of alkyl halides is 2. The molecule has 0 aromatic heterocycles. The number of halogens is 3. The molecule has 0 bridgehead atoms. The average Bonchev–Trinajstić information content (AvgIpc) is 2.63. The molecule has 0 fully saturated rings. The van der Waals surface area contributed by atoms with Crippen LogP contribution in [0.2, 0.25) is 5.02 Å². The number of amides is 1. The van der Waals surface area contributed by atoms with Crippen molar-refractivity contribution in [1.82, 2.24) is 0 Å². The second-order valence-electron chi connectivity index (χ2n) is 5.56. The summed E-state index contributed by atoms with van der Waals surface area (Å²) in [4.78, 5) is 24.1. The summed E-state index contributed by atoms with van der Waals surface area (Å²) in [6.45, 7) is 0.0460. The topological polar surface area (TPSA) is 73.9 Å². The number of hydrogen-bond acceptors (Lipinski definition) is 5. The molecule has 0 aliphatic carbocycles. The van der Waals surface area contributed by atoms with Gasteiger partial charge < -0.3 is 19.5 Å². The lowest BCUT2D eigenvalue weighted by molar-refractivity contribution is -0.119. The maximum absolute atomic E-state index is 12.4. The molecule has 0 heterocycles. The summed E-state index contributed by atoms with van der Waals surface area (Å²) < 4.78 is 39.3. The summed E-state index contributed by atoms with van der Waals surface area (Å²) in [6, 6.07) is 8.56. The van der Waals surface area contributed by atoms with Crippen LogP contribution in [-0.2, 0) is 9.53 Å². The third-order valence-electron chi connectivity index (χ3n) is 3.49. The minimum Gasteiger partial charge on any atom is -0.490 e. The van der Waals surface area contributed by atoms with Crippen LogP contribution >= 0.6 is 11.6 Å². The molecule has 1 N–H and O–H groups in total. The molecule has 0 atom stereocenters. The molecule has 0 unspecified atom stereocenters.